The molecule has 5 heteroatoms. The third kappa shape index (κ3) is 7.27. The maximum absolute atomic E-state index is 12.2. The van der Waals surface area contributed by atoms with Crippen LogP contribution in [0.15, 0.2) is 78.9 Å². The van der Waals surface area contributed by atoms with E-state index in [1.54, 1.807) is 24.3 Å². The highest BCUT2D eigenvalue weighted by Gasteiger charge is 2.10. The molecule has 0 spiro atoms. The SMILES string of the molecule is CC(C)c1ccc(OCC(=O)Oc2ccc(C(=O)OCCCc3ccccc3)cc2)cc1. The van der Waals surface area contributed by atoms with Gasteiger partial charge in [0.05, 0.1) is 12.2 Å². The lowest BCUT2D eigenvalue weighted by Gasteiger charge is -2.09. The summed E-state index contributed by atoms with van der Waals surface area (Å²) in [4.78, 5) is 24.2. The number of ether oxygens (including phenoxy) is 3. The monoisotopic (exact) mass is 432 g/mol. The Morgan fingerprint density at radius 3 is 2.12 bits per heavy atom. The molecule has 0 unspecified atom stereocenters. The third-order valence-corrected chi connectivity index (χ3v) is 4.91. The topological polar surface area (TPSA) is 61.8 Å². The minimum Gasteiger partial charge on any atom is -0.482 e. The summed E-state index contributed by atoms with van der Waals surface area (Å²) in [6.07, 6.45) is 1.61. The summed E-state index contributed by atoms with van der Waals surface area (Å²) in [5.41, 5.74) is 2.83. The Morgan fingerprint density at radius 2 is 1.47 bits per heavy atom. The summed E-state index contributed by atoms with van der Waals surface area (Å²) >= 11 is 0. The van der Waals surface area contributed by atoms with Gasteiger partial charge in [0.2, 0.25) is 0 Å². The fourth-order valence-corrected chi connectivity index (χ4v) is 3.08. The van der Waals surface area contributed by atoms with Crippen molar-refractivity contribution in [1.29, 1.82) is 0 Å². The Hall–Kier alpha value is -3.60. The maximum Gasteiger partial charge on any atom is 0.349 e. The smallest absolute Gasteiger partial charge is 0.349 e. The van der Waals surface area contributed by atoms with Crippen molar-refractivity contribution >= 4 is 11.9 Å². The van der Waals surface area contributed by atoms with Gasteiger partial charge in [-0.2, -0.15) is 0 Å². The number of rotatable bonds is 10. The zero-order valence-electron chi connectivity index (χ0n) is 18.5. The molecule has 3 aromatic rings. The summed E-state index contributed by atoms with van der Waals surface area (Å²) in [6, 6.07) is 24.0. The summed E-state index contributed by atoms with van der Waals surface area (Å²) in [6.45, 7) is 4.38. The van der Waals surface area contributed by atoms with Crippen LogP contribution in [0.25, 0.3) is 0 Å². The Labute approximate surface area is 188 Å². The van der Waals surface area contributed by atoms with Crippen LogP contribution in [0.4, 0.5) is 0 Å². The molecule has 0 saturated heterocycles. The molecular weight excluding hydrogens is 404 g/mol. The average molecular weight is 433 g/mol. The molecule has 0 atom stereocenters. The predicted octanol–water partition coefficient (Wildman–Crippen LogP) is 5.58. The normalized spacial score (nSPS) is 10.6. The fraction of sp³-hybridized carbons (Fsp3) is 0.259. The van der Waals surface area contributed by atoms with E-state index in [9.17, 15) is 9.59 Å². The van der Waals surface area contributed by atoms with E-state index in [1.807, 2.05) is 42.5 Å². The quantitative estimate of drug-likeness (QED) is 0.238. The first-order valence-electron chi connectivity index (χ1n) is 10.8. The molecule has 3 rings (SSSR count). The first-order chi connectivity index (χ1) is 15.5. The van der Waals surface area contributed by atoms with Gasteiger partial charge in [-0.3, -0.25) is 0 Å². The molecular formula is C27H28O5. The molecule has 0 fully saturated rings. The zero-order chi connectivity index (χ0) is 22.8. The molecule has 32 heavy (non-hydrogen) atoms. The molecule has 0 aliphatic carbocycles. The summed E-state index contributed by atoms with van der Waals surface area (Å²) < 4.78 is 16.1. The van der Waals surface area contributed by atoms with Crippen LogP contribution in [0.2, 0.25) is 0 Å². The van der Waals surface area contributed by atoms with Crippen molar-refractivity contribution in [2.75, 3.05) is 13.2 Å². The van der Waals surface area contributed by atoms with Crippen LogP contribution >= 0.6 is 0 Å². The molecule has 0 aliphatic rings. The maximum atomic E-state index is 12.2. The van der Waals surface area contributed by atoms with E-state index < -0.39 is 11.9 Å². The van der Waals surface area contributed by atoms with Crippen molar-refractivity contribution in [2.45, 2.75) is 32.6 Å². The van der Waals surface area contributed by atoms with Gasteiger partial charge in [-0.15, -0.1) is 0 Å². The molecule has 0 bridgehead atoms. The molecule has 0 aliphatic heterocycles. The number of benzene rings is 3. The van der Waals surface area contributed by atoms with Gasteiger partial charge in [0.15, 0.2) is 6.61 Å². The van der Waals surface area contributed by atoms with E-state index in [1.165, 1.54) is 11.1 Å². The predicted molar refractivity (Wildman–Crippen MR) is 123 cm³/mol. The van der Waals surface area contributed by atoms with Crippen LogP contribution in [-0.4, -0.2) is 25.2 Å². The van der Waals surface area contributed by atoms with Gasteiger partial charge in [-0.25, -0.2) is 9.59 Å². The average Bonchev–Trinajstić information content (AvgIpc) is 2.82. The first kappa shape index (κ1) is 23.1. The Bertz CT molecular complexity index is 992. The van der Waals surface area contributed by atoms with Gasteiger partial charge in [0.1, 0.15) is 11.5 Å². The Balaban J connectivity index is 1.39. The molecule has 0 saturated carbocycles. The summed E-state index contributed by atoms with van der Waals surface area (Å²) in [5, 5.41) is 0. The van der Waals surface area contributed by atoms with Crippen molar-refractivity contribution in [1.82, 2.24) is 0 Å². The molecule has 0 N–H and O–H groups in total. The number of esters is 2. The fourth-order valence-electron chi connectivity index (χ4n) is 3.08. The lowest BCUT2D eigenvalue weighted by molar-refractivity contribution is -0.136. The van der Waals surface area contributed by atoms with E-state index in [-0.39, 0.29) is 6.61 Å². The van der Waals surface area contributed by atoms with Crippen molar-refractivity contribution in [2.24, 2.45) is 0 Å². The minimum absolute atomic E-state index is 0.202. The lowest BCUT2D eigenvalue weighted by atomic mass is 10.0. The van der Waals surface area contributed by atoms with Gasteiger partial charge in [-0.1, -0.05) is 56.3 Å². The van der Waals surface area contributed by atoms with Crippen LogP contribution in [0.3, 0.4) is 0 Å². The Kier molecular flexibility index (Phi) is 8.44. The molecule has 0 radical (unpaired) electrons. The molecule has 166 valence electrons. The highest BCUT2D eigenvalue weighted by atomic mass is 16.6. The molecule has 3 aromatic carbocycles. The molecule has 5 nitrogen and oxygen atoms in total. The van der Waals surface area contributed by atoms with Crippen LogP contribution in [0, 0.1) is 0 Å². The van der Waals surface area contributed by atoms with Crippen molar-refractivity contribution in [3.8, 4) is 11.5 Å². The Morgan fingerprint density at radius 1 is 0.812 bits per heavy atom. The van der Waals surface area contributed by atoms with E-state index >= 15 is 0 Å². The molecule has 0 amide bonds. The van der Waals surface area contributed by atoms with Crippen LogP contribution in [-0.2, 0) is 16.0 Å². The standard InChI is InChI=1S/C27H28O5/c1-20(2)22-10-14-24(15-11-22)31-19-26(28)32-25-16-12-23(13-17-25)27(29)30-18-6-9-21-7-4-3-5-8-21/h3-5,7-8,10-17,20H,6,9,18-19H2,1-2H3. The second kappa shape index (κ2) is 11.7. The van der Waals surface area contributed by atoms with E-state index in [2.05, 4.69) is 26.0 Å². The highest BCUT2D eigenvalue weighted by Crippen LogP contribution is 2.19. The molecule has 0 aromatic heterocycles. The van der Waals surface area contributed by atoms with Crippen molar-refractivity contribution in [3.63, 3.8) is 0 Å². The lowest BCUT2D eigenvalue weighted by Crippen LogP contribution is -2.17. The van der Waals surface area contributed by atoms with Crippen LogP contribution in [0.1, 0.15) is 47.7 Å². The van der Waals surface area contributed by atoms with Gasteiger partial charge >= 0.3 is 11.9 Å². The number of hydrogen-bond acceptors (Lipinski definition) is 5. The number of hydrogen-bond donors (Lipinski definition) is 0. The van der Waals surface area contributed by atoms with Gasteiger partial charge in [0.25, 0.3) is 0 Å². The van der Waals surface area contributed by atoms with Crippen LogP contribution < -0.4 is 9.47 Å². The van der Waals surface area contributed by atoms with Gasteiger partial charge in [-0.05, 0) is 66.3 Å². The van der Waals surface area contributed by atoms with Crippen molar-refractivity contribution < 1.29 is 23.8 Å². The zero-order valence-corrected chi connectivity index (χ0v) is 18.5. The molecule has 0 heterocycles. The van der Waals surface area contributed by atoms with Gasteiger partial charge in [0, 0.05) is 0 Å². The van der Waals surface area contributed by atoms with E-state index in [0.29, 0.717) is 29.6 Å². The highest BCUT2D eigenvalue weighted by molar-refractivity contribution is 5.89. The number of carbonyl (C=O) groups is 2. The third-order valence-electron chi connectivity index (χ3n) is 4.91. The summed E-state index contributed by atoms with van der Waals surface area (Å²) in [7, 11) is 0. The summed E-state index contributed by atoms with van der Waals surface area (Å²) in [5.74, 6) is 0.466. The number of aryl methyl sites for hydroxylation is 1. The van der Waals surface area contributed by atoms with E-state index in [4.69, 9.17) is 14.2 Å². The number of carbonyl (C=O) groups excluding carboxylic acids is 2. The minimum atomic E-state index is -0.519. The largest absolute Gasteiger partial charge is 0.482 e. The second-order valence-corrected chi connectivity index (χ2v) is 7.74. The first-order valence-corrected chi connectivity index (χ1v) is 10.8. The van der Waals surface area contributed by atoms with Crippen molar-refractivity contribution in [3.05, 3.63) is 95.6 Å². The van der Waals surface area contributed by atoms with Crippen LogP contribution in [0.5, 0.6) is 11.5 Å². The van der Waals surface area contributed by atoms with E-state index in [0.717, 1.165) is 12.8 Å². The van der Waals surface area contributed by atoms with Gasteiger partial charge < -0.3 is 14.2 Å². The second-order valence-electron chi connectivity index (χ2n) is 7.74.